The van der Waals surface area contributed by atoms with Crippen LogP contribution in [0.15, 0.2) is 102 Å². The fourth-order valence-electron chi connectivity index (χ4n) is 14.6. The largest absolute Gasteiger partial charge is 0.458 e. The molecule has 10 rings (SSSR count). The van der Waals surface area contributed by atoms with Crippen LogP contribution < -0.4 is 5.32 Å². The minimum absolute atomic E-state index is 0.0151. The summed E-state index contributed by atoms with van der Waals surface area (Å²) < 4.78 is 67.6. The zero-order valence-electron chi connectivity index (χ0n) is 49.6. The van der Waals surface area contributed by atoms with E-state index >= 15 is 4.79 Å². The van der Waals surface area contributed by atoms with Crippen LogP contribution in [0.3, 0.4) is 0 Å². The zero-order chi connectivity index (χ0) is 61.2. The van der Waals surface area contributed by atoms with Crippen LogP contribution in [-0.4, -0.2) is 149 Å². The summed E-state index contributed by atoms with van der Waals surface area (Å²) in [6.07, 6.45) is -13.1. The molecule has 3 aliphatic carbocycles. The molecule has 0 spiro atoms. The first-order valence-electron chi connectivity index (χ1n) is 29.1. The Labute approximate surface area is 493 Å². The van der Waals surface area contributed by atoms with Crippen molar-refractivity contribution < 1.29 is 95.9 Å². The van der Waals surface area contributed by atoms with Crippen LogP contribution >= 0.6 is 0 Å². The molecule has 6 fully saturated rings. The molecule has 14 unspecified atom stereocenters. The second kappa shape index (κ2) is 23.3. The second-order valence-corrected chi connectivity index (χ2v) is 25.3. The number of benzene rings is 3. The number of ketones is 1. The molecule has 2 bridgehead atoms. The Hall–Kier alpha value is -6.43. The van der Waals surface area contributed by atoms with E-state index in [1.165, 1.54) is 13.8 Å². The van der Waals surface area contributed by atoms with Crippen molar-refractivity contribution in [3.05, 3.63) is 119 Å². The number of carbonyl (C=O) groups is 7. The van der Waals surface area contributed by atoms with Gasteiger partial charge in [-0.1, -0.05) is 99.6 Å². The molecule has 4 aliphatic heterocycles. The maximum absolute atomic E-state index is 15.6. The van der Waals surface area contributed by atoms with E-state index in [9.17, 15) is 39.0 Å². The van der Waals surface area contributed by atoms with Crippen molar-refractivity contribution in [2.24, 2.45) is 22.7 Å². The number of esters is 5. The lowest BCUT2D eigenvalue weighted by Crippen LogP contribution is -2.78. The summed E-state index contributed by atoms with van der Waals surface area (Å²) in [5.41, 5.74) is -4.91. The zero-order valence-corrected chi connectivity index (χ0v) is 49.6. The first-order valence-corrected chi connectivity index (χ1v) is 29.1. The van der Waals surface area contributed by atoms with Gasteiger partial charge in [0.2, 0.25) is 6.10 Å². The van der Waals surface area contributed by atoms with E-state index in [2.05, 4.69) is 5.32 Å². The summed E-state index contributed by atoms with van der Waals surface area (Å²) in [4.78, 5) is 99.8. The minimum Gasteiger partial charge on any atom is -0.458 e. The van der Waals surface area contributed by atoms with E-state index in [4.69, 9.17) is 52.1 Å². The van der Waals surface area contributed by atoms with Gasteiger partial charge in [0.25, 0.3) is 5.91 Å². The van der Waals surface area contributed by atoms with Gasteiger partial charge < -0.3 is 67.6 Å². The predicted octanol–water partition coefficient (Wildman–Crippen LogP) is 6.49. The quantitative estimate of drug-likeness (QED) is 0.0564. The lowest BCUT2D eigenvalue weighted by molar-refractivity contribution is -0.347. The Balaban J connectivity index is 1.02. The predicted molar refractivity (Wildman–Crippen MR) is 297 cm³/mol. The highest BCUT2D eigenvalue weighted by Gasteiger charge is 2.75. The average molecular weight is 1180 g/mol. The molecule has 3 N–H and O–H groups in total. The van der Waals surface area contributed by atoms with E-state index in [1.54, 1.807) is 146 Å². The van der Waals surface area contributed by atoms with Gasteiger partial charge in [-0.3, -0.25) is 28.8 Å². The van der Waals surface area contributed by atoms with Gasteiger partial charge in [0.05, 0.1) is 37.8 Å². The lowest BCUT2D eigenvalue weighted by Gasteiger charge is -2.69. The smallest absolute Gasteiger partial charge is 0.350 e. The Morgan fingerprint density at radius 2 is 1.35 bits per heavy atom. The molecule has 85 heavy (non-hydrogen) atoms. The SMILES string of the molecule is CC(=O)OC1C[C@]2(C)C(O)CC3OC[C@@]3(OC(C)=O)C2C(CC(=O)c2ccccc2)C2(O)CC(OC(=O)C(OC(=O)CCC(=O)OC3C(C4COC(C)(C)O4)OC4OC(C)(C)OC43)C(NC(=O)c3ccccc3)c3ccccc3)C(C)=C1C2(C)C. The van der Waals surface area contributed by atoms with Crippen molar-refractivity contribution in [2.75, 3.05) is 13.2 Å². The normalized spacial score (nSPS) is 34.5. The maximum atomic E-state index is 15.6. The number of aliphatic hydroxyl groups excluding tert-OH is 1. The van der Waals surface area contributed by atoms with Crippen LogP contribution in [0.1, 0.15) is 140 Å². The maximum Gasteiger partial charge on any atom is 0.350 e. The molecule has 458 valence electrons. The molecule has 21 heteroatoms. The number of amides is 1. The third kappa shape index (κ3) is 11.8. The van der Waals surface area contributed by atoms with E-state index in [-0.39, 0.29) is 43.8 Å². The van der Waals surface area contributed by atoms with Gasteiger partial charge in [0.1, 0.15) is 36.6 Å². The molecule has 3 aromatic rings. The number of aliphatic hydroxyl groups is 2. The van der Waals surface area contributed by atoms with Crippen molar-refractivity contribution in [3.63, 3.8) is 0 Å². The molecule has 7 aliphatic rings. The van der Waals surface area contributed by atoms with Crippen molar-refractivity contribution in [3.8, 4) is 0 Å². The molecule has 2 saturated carbocycles. The number of nitrogens with one attached hydrogen (secondary N) is 1. The van der Waals surface area contributed by atoms with Gasteiger partial charge in [-0.2, -0.15) is 0 Å². The summed E-state index contributed by atoms with van der Waals surface area (Å²) in [7, 11) is 0. The van der Waals surface area contributed by atoms with Gasteiger partial charge in [-0.05, 0) is 69.9 Å². The molecular formula is C64H77NO20. The summed E-state index contributed by atoms with van der Waals surface area (Å²) in [5, 5.41) is 29.6. The van der Waals surface area contributed by atoms with Crippen LogP contribution in [0.25, 0.3) is 0 Å². The number of ether oxygens (including phenoxy) is 11. The molecule has 3 aromatic carbocycles. The third-order valence-corrected chi connectivity index (χ3v) is 18.5. The number of Topliss-reactive ketones (excluding diaryl/α,β-unsaturated/α-hetero) is 1. The molecule has 1 amide bonds. The molecule has 21 nitrogen and oxygen atoms in total. The fourth-order valence-corrected chi connectivity index (χ4v) is 14.6. The molecule has 4 heterocycles. The lowest BCUT2D eigenvalue weighted by atomic mass is 9.42. The average Bonchev–Trinajstić information content (AvgIpc) is 1.29. The highest BCUT2D eigenvalue weighted by Crippen LogP contribution is 2.67. The van der Waals surface area contributed by atoms with Crippen LogP contribution in [-0.2, 0) is 76.1 Å². The van der Waals surface area contributed by atoms with E-state index < -0.39 is 168 Å². The summed E-state index contributed by atoms with van der Waals surface area (Å²) in [6, 6.07) is 23.4. The molecular weight excluding hydrogens is 1100 g/mol. The second-order valence-electron chi connectivity index (χ2n) is 25.3. The Morgan fingerprint density at radius 1 is 0.718 bits per heavy atom. The van der Waals surface area contributed by atoms with Crippen LogP contribution in [0.4, 0.5) is 0 Å². The summed E-state index contributed by atoms with van der Waals surface area (Å²) in [6.45, 7) is 16.3. The van der Waals surface area contributed by atoms with Crippen molar-refractivity contribution in [2.45, 2.75) is 198 Å². The third-order valence-electron chi connectivity index (χ3n) is 18.5. The van der Waals surface area contributed by atoms with Gasteiger partial charge in [0, 0.05) is 66.9 Å². The molecule has 16 atom stereocenters. The minimum atomic E-state index is -2.15. The van der Waals surface area contributed by atoms with Crippen molar-refractivity contribution in [1.82, 2.24) is 5.32 Å². The van der Waals surface area contributed by atoms with Crippen LogP contribution in [0.2, 0.25) is 0 Å². The number of rotatable bonds is 17. The number of carbonyl (C=O) groups excluding carboxylic acids is 7. The van der Waals surface area contributed by atoms with Crippen LogP contribution in [0.5, 0.6) is 0 Å². The van der Waals surface area contributed by atoms with Crippen molar-refractivity contribution in [1.29, 1.82) is 0 Å². The highest BCUT2D eigenvalue weighted by molar-refractivity contribution is 5.96. The Bertz CT molecular complexity index is 3080. The van der Waals surface area contributed by atoms with Gasteiger partial charge in [-0.15, -0.1) is 0 Å². The first-order chi connectivity index (χ1) is 40.1. The fraction of sp³-hybridized carbons (Fsp3) is 0.578. The van der Waals surface area contributed by atoms with Gasteiger partial charge >= 0.3 is 29.8 Å². The van der Waals surface area contributed by atoms with Crippen LogP contribution in [0, 0.1) is 22.7 Å². The number of hydrogen-bond donors (Lipinski definition) is 3. The standard InChI is InChI=1S/C64H77NO20/c1-34-42(31-64(74)40(28-41(68)37-20-14-11-15-21-37)55-62(10,30-43(77-35(2)66)49(34)59(64,4)5)45(69)29-46-63(55,33-75-46)82-36(3)67)78-57(73)52(50(38-22-16-12-17-23-38)65-56(72)39-24-18-13-19-25-39)79-47(70)26-27-48(71)80-53-51(44-32-76-60(6,7)83-44)81-58-54(53)84-61(8,9)85-58/h11-25,40,42-46,50-55,58,69,74H,26-33H2,1-10H3,(H,65,72)/t40?,42?,43?,44?,45?,46?,50?,51?,52?,53?,54?,55?,58?,62-,63+,64?/m1/s1. The topological polar surface area (TPSA) is 274 Å². The highest BCUT2D eigenvalue weighted by atomic mass is 16.9. The molecule has 0 radical (unpaired) electrons. The number of hydrogen-bond acceptors (Lipinski definition) is 20. The summed E-state index contributed by atoms with van der Waals surface area (Å²) in [5.74, 6) is -9.81. The van der Waals surface area contributed by atoms with Crippen molar-refractivity contribution >= 4 is 41.5 Å². The Kier molecular flexibility index (Phi) is 16.9. The number of fused-ring (bicyclic) bond motifs is 6. The van der Waals surface area contributed by atoms with E-state index in [1.807, 2.05) is 0 Å². The van der Waals surface area contributed by atoms with E-state index in [0.717, 1.165) is 0 Å². The van der Waals surface area contributed by atoms with E-state index in [0.29, 0.717) is 22.3 Å². The molecule has 0 aromatic heterocycles. The Morgan fingerprint density at radius 3 is 1.95 bits per heavy atom. The monoisotopic (exact) mass is 1180 g/mol. The summed E-state index contributed by atoms with van der Waals surface area (Å²) >= 11 is 0. The van der Waals surface area contributed by atoms with Gasteiger partial charge in [-0.25, -0.2) is 4.79 Å². The molecule has 4 saturated heterocycles. The first kappa shape index (κ1) is 61.7. The van der Waals surface area contributed by atoms with Gasteiger partial charge in [0.15, 0.2) is 41.5 Å².